The van der Waals surface area contributed by atoms with E-state index in [1.807, 2.05) is 40.7 Å². The normalized spacial score (nSPS) is 27.6. The summed E-state index contributed by atoms with van der Waals surface area (Å²) in [7, 11) is -2.89. The van der Waals surface area contributed by atoms with Crippen LogP contribution in [-0.4, -0.2) is 26.5 Å². The molecule has 1 aliphatic heterocycles. The highest BCUT2D eigenvalue weighted by Crippen LogP contribution is 2.45. The van der Waals surface area contributed by atoms with Crippen molar-refractivity contribution in [3.05, 3.63) is 66.2 Å². The molecule has 0 radical (unpaired) electrons. The lowest BCUT2D eigenvalue weighted by atomic mass is 10.0. The maximum absolute atomic E-state index is 13.8. The Bertz CT molecular complexity index is 845. The number of rotatable bonds is 3. The van der Waals surface area contributed by atoms with E-state index in [0.717, 1.165) is 25.7 Å². The first kappa shape index (κ1) is 15.5. The highest BCUT2D eigenvalue weighted by Gasteiger charge is 2.54. The molecule has 4 rings (SSSR count). The van der Waals surface area contributed by atoms with Gasteiger partial charge < -0.3 is 0 Å². The fraction of sp³-hybridized carbons (Fsp3) is 0.316. The molecule has 24 heavy (non-hydrogen) atoms. The molecule has 3 atom stereocenters. The standard InChI is InChI=1S/C19H20N2O2S/c22-19(15-9-3-1-4-10-15)20-24(23,16-11-5-2-6-12-16)21-17-13-7-8-14-18(17)21/h1-6,9-12,17-18H,7-8,13-14H2. The number of fused-ring (bicyclic) bond motifs is 1. The van der Waals surface area contributed by atoms with Gasteiger partial charge in [-0.15, -0.1) is 4.36 Å². The van der Waals surface area contributed by atoms with Crippen LogP contribution >= 0.6 is 0 Å². The maximum atomic E-state index is 13.8. The first-order chi connectivity index (χ1) is 11.7. The molecule has 3 unspecified atom stereocenters. The molecule has 1 amide bonds. The quantitative estimate of drug-likeness (QED) is 0.796. The van der Waals surface area contributed by atoms with Gasteiger partial charge in [-0.05, 0) is 37.1 Å². The van der Waals surface area contributed by atoms with Crippen molar-refractivity contribution in [2.45, 2.75) is 42.7 Å². The topological polar surface area (TPSA) is 49.5 Å². The SMILES string of the molecule is O=C(N=S(=O)(c1ccccc1)N1C2CCCCC21)c1ccccc1. The molecule has 0 aromatic heterocycles. The van der Waals surface area contributed by atoms with E-state index in [2.05, 4.69) is 4.36 Å². The second-order valence-electron chi connectivity index (χ2n) is 6.35. The lowest BCUT2D eigenvalue weighted by Crippen LogP contribution is -2.17. The molecule has 0 spiro atoms. The third kappa shape index (κ3) is 2.68. The van der Waals surface area contributed by atoms with Crippen LogP contribution in [0.1, 0.15) is 36.0 Å². The third-order valence-electron chi connectivity index (χ3n) is 4.82. The lowest BCUT2D eigenvalue weighted by molar-refractivity contribution is 0.100. The summed E-state index contributed by atoms with van der Waals surface area (Å²) in [4.78, 5) is 13.2. The predicted octanol–water partition coefficient (Wildman–Crippen LogP) is 3.90. The van der Waals surface area contributed by atoms with E-state index >= 15 is 0 Å². The highest BCUT2D eigenvalue weighted by atomic mass is 32.2. The van der Waals surface area contributed by atoms with Crippen molar-refractivity contribution in [3.8, 4) is 0 Å². The van der Waals surface area contributed by atoms with Gasteiger partial charge in [-0.1, -0.05) is 49.2 Å². The van der Waals surface area contributed by atoms with Crippen LogP contribution in [0.2, 0.25) is 0 Å². The van der Waals surface area contributed by atoms with Gasteiger partial charge >= 0.3 is 0 Å². The number of amides is 1. The van der Waals surface area contributed by atoms with Crippen molar-refractivity contribution in [2.24, 2.45) is 4.36 Å². The van der Waals surface area contributed by atoms with Gasteiger partial charge in [0.15, 0.2) is 0 Å². The van der Waals surface area contributed by atoms with Gasteiger partial charge in [0.1, 0.15) is 9.92 Å². The van der Waals surface area contributed by atoms with Crippen LogP contribution in [0.5, 0.6) is 0 Å². The Hall–Kier alpha value is -1.98. The summed E-state index contributed by atoms with van der Waals surface area (Å²) >= 11 is 0. The first-order valence-corrected chi connectivity index (χ1v) is 9.87. The number of hydrogen-bond acceptors (Lipinski definition) is 2. The largest absolute Gasteiger partial charge is 0.286 e. The van der Waals surface area contributed by atoms with E-state index in [-0.39, 0.29) is 0 Å². The molecule has 2 fully saturated rings. The zero-order valence-electron chi connectivity index (χ0n) is 13.4. The van der Waals surface area contributed by atoms with Crippen LogP contribution in [0.4, 0.5) is 0 Å². The molecule has 124 valence electrons. The molecule has 0 N–H and O–H groups in total. The fourth-order valence-electron chi connectivity index (χ4n) is 3.59. The van der Waals surface area contributed by atoms with Crippen LogP contribution < -0.4 is 0 Å². The summed E-state index contributed by atoms with van der Waals surface area (Å²) in [6.07, 6.45) is 4.41. The Morgan fingerprint density at radius 2 is 1.46 bits per heavy atom. The zero-order chi connectivity index (χ0) is 16.6. The van der Waals surface area contributed by atoms with Gasteiger partial charge in [0.2, 0.25) is 0 Å². The molecule has 2 aliphatic rings. The number of benzene rings is 2. The van der Waals surface area contributed by atoms with Gasteiger partial charge in [-0.3, -0.25) is 4.79 Å². The van der Waals surface area contributed by atoms with E-state index in [0.29, 0.717) is 22.5 Å². The molecule has 1 aliphatic carbocycles. The van der Waals surface area contributed by atoms with E-state index in [1.165, 1.54) is 0 Å². The minimum atomic E-state index is -2.89. The van der Waals surface area contributed by atoms with Gasteiger partial charge in [0.25, 0.3) is 5.91 Å². The monoisotopic (exact) mass is 340 g/mol. The van der Waals surface area contributed by atoms with E-state index in [1.54, 1.807) is 24.3 Å². The minimum Gasteiger partial charge on any atom is -0.266 e. The minimum absolute atomic E-state index is 0.304. The lowest BCUT2D eigenvalue weighted by Gasteiger charge is -2.12. The zero-order valence-corrected chi connectivity index (χ0v) is 14.2. The van der Waals surface area contributed by atoms with Crippen LogP contribution in [0.25, 0.3) is 0 Å². The summed E-state index contributed by atoms with van der Waals surface area (Å²) in [6, 6.07) is 18.7. The van der Waals surface area contributed by atoms with E-state index < -0.39 is 15.8 Å². The van der Waals surface area contributed by atoms with Crippen molar-refractivity contribution in [1.29, 1.82) is 0 Å². The van der Waals surface area contributed by atoms with Gasteiger partial charge in [-0.25, -0.2) is 8.51 Å². The van der Waals surface area contributed by atoms with Crippen molar-refractivity contribution in [1.82, 2.24) is 4.31 Å². The van der Waals surface area contributed by atoms with Crippen molar-refractivity contribution in [2.75, 3.05) is 0 Å². The highest BCUT2D eigenvalue weighted by molar-refractivity contribution is 7.92. The van der Waals surface area contributed by atoms with E-state index in [9.17, 15) is 9.00 Å². The Labute approximate surface area is 142 Å². The van der Waals surface area contributed by atoms with Crippen molar-refractivity contribution >= 4 is 15.8 Å². The smallest absolute Gasteiger partial charge is 0.266 e. The predicted molar refractivity (Wildman–Crippen MR) is 93.9 cm³/mol. The molecular formula is C19H20N2O2S. The Kier molecular flexibility index (Phi) is 3.98. The first-order valence-electron chi connectivity index (χ1n) is 8.40. The number of hydrogen-bond donors (Lipinski definition) is 0. The molecule has 2 aromatic rings. The van der Waals surface area contributed by atoms with Crippen LogP contribution in [0.3, 0.4) is 0 Å². The second kappa shape index (κ2) is 6.15. The maximum Gasteiger partial charge on any atom is 0.286 e. The fourth-order valence-corrected chi connectivity index (χ4v) is 6.04. The van der Waals surface area contributed by atoms with Gasteiger partial charge in [0, 0.05) is 17.6 Å². The third-order valence-corrected chi connectivity index (χ3v) is 7.23. The molecule has 0 bridgehead atoms. The number of carbonyl (C=O) groups excluding carboxylic acids is 1. The number of nitrogens with zero attached hydrogens (tertiary/aromatic N) is 2. The van der Waals surface area contributed by atoms with E-state index in [4.69, 9.17) is 0 Å². The Morgan fingerprint density at radius 1 is 0.917 bits per heavy atom. The van der Waals surface area contributed by atoms with Crippen LogP contribution in [-0.2, 0) is 9.92 Å². The van der Waals surface area contributed by atoms with Crippen molar-refractivity contribution < 1.29 is 9.00 Å². The summed E-state index contributed by atoms with van der Waals surface area (Å²) in [6.45, 7) is 0. The summed E-state index contributed by atoms with van der Waals surface area (Å²) in [5.74, 6) is -0.409. The summed E-state index contributed by atoms with van der Waals surface area (Å²) in [5.41, 5.74) is 0.478. The molecule has 1 saturated carbocycles. The average Bonchev–Trinajstić information content (AvgIpc) is 3.38. The second-order valence-corrected chi connectivity index (χ2v) is 8.42. The molecule has 1 heterocycles. The van der Waals surface area contributed by atoms with Crippen LogP contribution in [0.15, 0.2) is 69.9 Å². The molecule has 2 aromatic carbocycles. The van der Waals surface area contributed by atoms with Gasteiger partial charge in [0.05, 0.1) is 4.90 Å². The number of carbonyl (C=O) groups is 1. The Balaban J connectivity index is 1.78. The molecular weight excluding hydrogens is 320 g/mol. The summed E-state index contributed by atoms with van der Waals surface area (Å²) < 4.78 is 20.1. The molecule has 5 heteroatoms. The Morgan fingerprint density at radius 3 is 2.04 bits per heavy atom. The van der Waals surface area contributed by atoms with Gasteiger partial charge in [-0.2, -0.15) is 0 Å². The van der Waals surface area contributed by atoms with Crippen LogP contribution in [0, 0.1) is 0 Å². The average molecular weight is 340 g/mol. The molecule has 4 nitrogen and oxygen atoms in total. The van der Waals surface area contributed by atoms with Crippen molar-refractivity contribution in [3.63, 3.8) is 0 Å². The summed E-state index contributed by atoms with van der Waals surface area (Å²) in [5, 5.41) is 0. The molecule has 1 saturated heterocycles.